The fourth-order valence-electron chi connectivity index (χ4n) is 3.10. The summed E-state index contributed by atoms with van der Waals surface area (Å²) in [6, 6.07) is 0. The molecule has 120 valence electrons. The number of likely N-dealkylation sites (tertiary alicyclic amines) is 1. The molecular formula is C17H36N2O. The molecule has 0 aliphatic carbocycles. The van der Waals surface area contributed by atoms with Crippen molar-refractivity contribution in [1.82, 2.24) is 10.2 Å². The zero-order chi connectivity index (χ0) is 15.4. The standard InChI is InChI=1S/C17H36N2O/c1-7-9-17(6,12-18-16(3,4)5)13-19-10-8-14(2)15(20)11-19/h14-15,18,20H,7-13H2,1-6H3. The Labute approximate surface area is 126 Å². The number of hydrogen-bond acceptors (Lipinski definition) is 3. The molecule has 0 bridgehead atoms. The predicted octanol–water partition coefficient (Wildman–Crippen LogP) is 2.88. The second kappa shape index (κ2) is 7.24. The first-order valence-corrected chi connectivity index (χ1v) is 8.31. The molecule has 0 amide bonds. The third-order valence-electron chi connectivity index (χ3n) is 4.51. The fourth-order valence-corrected chi connectivity index (χ4v) is 3.10. The minimum atomic E-state index is -0.148. The molecule has 0 aromatic rings. The van der Waals surface area contributed by atoms with Crippen LogP contribution in [0.25, 0.3) is 0 Å². The highest BCUT2D eigenvalue weighted by molar-refractivity contribution is 4.87. The van der Waals surface area contributed by atoms with Crippen molar-refractivity contribution in [2.24, 2.45) is 11.3 Å². The molecule has 3 heteroatoms. The summed E-state index contributed by atoms with van der Waals surface area (Å²) in [6.07, 6.45) is 3.42. The van der Waals surface area contributed by atoms with Crippen LogP contribution in [0.4, 0.5) is 0 Å². The summed E-state index contributed by atoms with van der Waals surface area (Å²) in [5.74, 6) is 0.455. The van der Waals surface area contributed by atoms with Crippen molar-refractivity contribution in [2.45, 2.75) is 72.4 Å². The number of piperidine rings is 1. The van der Waals surface area contributed by atoms with Gasteiger partial charge in [-0.25, -0.2) is 0 Å². The van der Waals surface area contributed by atoms with E-state index in [1.165, 1.54) is 12.8 Å². The van der Waals surface area contributed by atoms with E-state index < -0.39 is 0 Å². The van der Waals surface area contributed by atoms with E-state index in [9.17, 15) is 5.11 Å². The van der Waals surface area contributed by atoms with E-state index in [1.807, 2.05) is 0 Å². The Bertz CT molecular complexity index is 287. The van der Waals surface area contributed by atoms with Crippen LogP contribution in [-0.4, -0.2) is 47.8 Å². The minimum absolute atomic E-state index is 0.148. The second-order valence-electron chi connectivity index (χ2n) is 8.23. The summed E-state index contributed by atoms with van der Waals surface area (Å²) in [5, 5.41) is 13.7. The number of hydrogen-bond donors (Lipinski definition) is 2. The van der Waals surface area contributed by atoms with Crippen molar-refractivity contribution in [3.05, 3.63) is 0 Å². The lowest BCUT2D eigenvalue weighted by Gasteiger charge is -2.41. The van der Waals surface area contributed by atoms with Gasteiger partial charge in [0, 0.05) is 25.2 Å². The predicted molar refractivity (Wildman–Crippen MR) is 87.0 cm³/mol. The van der Waals surface area contributed by atoms with Gasteiger partial charge in [-0.3, -0.25) is 0 Å². The molecule has 1 aliphatic heterocycles. The summed E-state index contributed by atoms with van der Waals surface area (Å²) in [7, 11) is 0. The highest BCUT2D eigenvalue weighted by Gasteiger charge is 2.31. The van der Waals surface area contributed by atoms with Crippen LogP contribution in [0.2, 0.25) is 0 Å². The molecule has 3 nitrogen and oxygen atoms in total. The molecule has 3 atom stereocenters. The Hall–Kier alpha value is -0.120. The fraction of sp³-hybridized carbons (Fsp3) is 1.00. The van der Waals surface area contributed by atoms with E-state index in [2.05, 4.69) is 51.8 Å². The monoisotopic (exact) mass is 284 g/mol. The normalized spacial score (nSPS) is 28.4. The van der Waals surface area contributed by atoms with Crippen LogP contribution in [0.5, 0.6) is 0 Å². The maximum absolute atomic E-state index is 10.1. The highest BCUT2D eigenvalue weighted by atomic mass is 16.3. The van der Waals surface area contributed by atoms with Crippen LogP contribution in [0, 0.1) is 11.3 Å². The Morgan fingerprint density at radius 1 is 1.25 bits per heavy atom. The quantitative estimate of drug-likeness (QED) is 0.787. The number of nitrogens with zero attached hydrogens (tertiary/aromatic N) is 1. The van der Waals surface area contributed by atoms with E-state index in [4.69, 9.17) is 0 Å². The molecule has 3 unspecified atom stereocenters. The molecule has 1 aliphatic rings. The van der Waals surface area contributed by atoms with Gasteiger partial charge in [0.15, 0.2) is 0 Å². The van der Waals surface area contributed by atoms with Crippen molar-refractivity contribution in [3.63, 3.8) is 0 Å². The van der Waals surface area contributed by atoms with Crippen molar-refractivity contribution < 1.29 is 5.11 Å². The van der Waals surface area contributed by atoms with Gasteiger partial charge in [-0.05, 0) is 51.5 Å². The van der Waals surface area contributed by atoms with Gasteiger partial charge in [-0.15, -0.1) is 0 Å². The van der Waals surface area contributed by atoms with Gasteiger partial charge in [0.25, 0.3) is 0 Å². The van der Waals surface area contributed by atoms with Crippen molar-refractivity contribution >= 4 is 0 Å². The van der Waals surface area contributed by atoms with E-state index >= 15 is 0 Å². The van der Waals surface area contributed by atoms with Crippen LogP contribution >= 0.6 is 0 Å². The first-order chi connectivity index (χ1) is 9.15. The van der Waals surface area contributed by atoms with Gasteiger partial charge in [0.1, 0.15) is 0 Å². The topological polar surface area (TPSA) is 35.5 Å². The lowest BCUT2D eigenvalue weighted by atomic mass is 9.83. The summed E-state index contributed by atoms with van der Waals surface area (Å²) in [5.41, 5.74) is 0.466. The average molecular weight is 284 g/mol. The van der Waals surface area contributed by atoms with E-state index in [0.717, 1.165) is 32.6 Å². The number of aliphatic hydroxyl groups is 1. The molecule has 2 N–H and O–H groups in total. The van der Waals surface area contributed by atoms with Gasteiger partial charge >= 0.3 is 0 Å². The van der Waals surface area contributed by atoms with Gasteiger partial charge < -0.3 is 15.3 Å². The molecular weight excluding hydrogens is 248 g/mol. The van der Waals surface area contributed by atoms with Crippen molar-refractivity contribution in [2.75, 3.05) is 26.2 Å². The number of rotatable bonds is 6. The Morgan fingerprint density at radius 2 is 1.90 bits per heavy atom. The molecule has 0 aromatic heterocycles. The highest BCUT2D eigenvalue weighted by Crippen LogP contribution is 2.27. The maximum Gasteiger partial charge on any atom is 0.0693 e. The molecule has 0 aromatic carbocycles. The molecule has 0 radical (unpaired) electrons. The average Bonchev–Trinajstić information content (AvgIpc) is 2.31. The zero-order valence-electron chi connectivity index (χ0n) is 14.5. The third kappa shape index (κ3) is 6.11. The summed E-state index contributed by atoms with van der Waals surface area (Å²) < 4.78 is 0. The summed E-state index contributed by atoms with van der Waals surface area (Å²) in [6.45, 7) is 17.6. The Morgan fingerprint density at radius 3 is 2.40 bits per heavy atom. The molecule has 1 fully saturated rings. The van der Waals surface area contributed by atoms with Gasteiger partial charge in [-0.1, -0.05) is 27.2 Å². The third-order valence-corrected chi connectivity index (χ3v) is 4.51. The van der Waals surface area contributed by atoms with Crippen LogP contribution in [-0.2, 0) is 0 Å². The lowest BCUT2D eigenvalue weighted by Crippen LogP contribution is -2.51. The van der Waals surface area contributed by atoms with E-state index in [1.54, 1.807) is 0 Å². The molecule has 1 saturated heterocycles. The molecule has 20 heavy (non-hydrogen) atoms. The molecule has 0 spiro atoms. The van der Waals surface area contributed by atoms with E-state index in [0.29, 0.717) is 11.3 Å². The maximum atomic E-state index is 10.1. The molecule has 1 heterocycles. The van der Waals surface area contributed by atoms with Gasteiger partial charge in [0.05, 0.1) is 6.10 Å². The number of β-amino-alcohol motifs (C(OH)–C–C–N with tert-alkyl or cyclic N) is 1. The molecule has 0 saturated carbocycles. The summed E-state index contributed by atoms with van der Waals surface area (Å²) >= 11 is 0. The number of aliphatic hydroxyl groups excluding tert-OH is 1. The largest absolute Gasteiger partial charge is 0.392 e. The SMILES string of the molecule is CCCC(C)(CNC(C)(C)C)CN1CCC(C)C(O)C1. The van der Waals surface area contributed by atoms with Crippen LogP contribution in [0.15, 0.2) is 0 Å². The zero-order valence-corrected chi connectivity index (χ0v) is 14.5. The van der Waals surface area contributed by atoms with Crippen LogP contribution in [0.3, 0.4) is 0 Å². The van der Waals surface area contributed by atoms with Gasteiger partial charge in [-0.2, -0.15) is 0 Å². The summed E-state index contributed by atoms with van der Waals surface area (Å²) in [4.78, 5) is 2.46. The van der Waals surface area contributed by atoms with Crippen LogP contribution in [0.1, 0.15) is 60.8 Å². The minimum Gasteiger partial charge on any atom is -0.392 e. The smallest absolute Gasteiger partial charge is 0.0693 e. The Kier molecular flexibility index (Phi) is 6.49. The first-order valence-electron chi connectivity index (χ1n) is 8.31. The van der Waals surface area contributed by atoms with E-state index in [-0.39, 0.29) is 11.6 Å². The van der Waals surface area contributed by atoms with Crippen molar-refractivity contribution in [3.8, 4) is 0 Å². The lowest BCUT2D eigenvalue weighted by molar-refractivity contribution is 0.00982. The molecule has 1 rings (SSSR count). The van der Waals surface area contributed by atoms with Gasteiger partial charge in [0.2, 0.25) is 0 Å². The number of nitrogens with one attached hydrogen (secondary N) is 1. The van der Waals surface area contributed by atoms with Crippen LogP contribution < -0.4 is 5.32 Å². The van der Waals surface area contributed by atoms with Crippen molar-refractivity contribution in [1.29, 1.82) is 0 Å². The second-order valence-corrected chi connectivity index (χ2v) is 8.23. The first kappa shape index (κ1) is 17.9. The Balaban J connectivity index is 2.57.